The summed E-state index contributed by atoms with van der Waals surface area (Å²) in [6.45, 7) is 5.62. The molecular weight excluding hydrogens is 174 g/mol. The van der Waals surface area contributed by atoms with Crippen LogP contribution < -0.4 is 11.1 Å². The summed E-state index contributed by atoms with van der Waals surface area (Å²) in [7, 11) is 0. The van der Waals surface area contributed by atoms with E-state index in [1.807, 2.05) is 0 Å². The van der Waals surface area contributed by atoms with Gasteiger partial charge in [0.25, 0.3) is 0 Å². The van der Waals surface area contributed by atoms with Crippen LogP contribution in [0.2, 0.25) is 0 Å². The first-order valence-corrected chi connectivity index (χ1v) is 6.04. The Morgan fingerprint density at radius 2 is 1.86 bits per heavy atom. The number of likely N-dealkylation sites (tertiary alicyclic amines) is 1. The highest BCUT2D eigenvalue weighted by Crippen LogP contribution is 2.28. The highest BCUT2D eigenvalue weighted by molar-refractivity contribution is 4.81. The Labute approximate surface area is 87.0 Å². The lowest BCUT2D eigenvalue weighted by molar-refractivity contribution is 0.202. The third-order valence-electron chi connectivity index (χ3n) is 3.43. The van der Waals surface area contributed by atoms with Crippen molar-refractivity contribution < 1.29 is 0 Å². The molecule has 1 saturated carbocycles. The average molecular weight is 197 g/mol. The average Bonchev–Trinajstić information content (AvgIpc) is 3.01. The summed E-state index contributed by atoms with van der Waals surface area (Å²) < 4.78 is 0. The molecule has 1 saturated heterocycles. The van der Waals surface area contributed by atoms with Gasteiger partial charge in [0.1, 0.15) is 0 Å². The molecule has 2 rings (SSSR count). The molecule has 0 aromatic rings. The molecule has 14 heavy (non-hydrogen) atoms. The maximum atomic E-state index is 5.54. The van der Waals surface area contributed by atoms with E-state index in [0.29, 0.717) is 0 Å². The van der Waals surface area contributed by atoms with Gasteiger partial charge >= 0.3 is 0 Å². The van der Waals surface area contributed by atoms with Crippen LogP contribution in [0.4, 0.5) is 0 Å². The topological polar surface area (TPSA) is 41.3 Å². The largest absolute Gasteiger partial charge is 0.329 e. The fourth-order valence-electron chi connectivity index (χ4n) is 2.20. The van der Waals surface area contributed by atoms with Crippen LogP contribution in [0, 0.1) is 5.92 Å². The number of nitrogens with two attached hydrogens (primary N) is 1. The lowest BCUT2D eigenvalue weighted by Gasteiger charge is -2.32. The van der Waals surface area contributed by atoms with E-state index in [-0.39, 0.29) is 0 Å². The molecule has 1 aliphatic heterocycles. The number of rotatable bonds is 5. The molecule has 0 aromatic heterocycles. The lowest BCUT2D eigenvalue weighted by Crippen LogP contribution is -2.44. The van der Waals surface area contributed by atoms with Gasteiger partial charge in [-0.15, -0.1) is 0 Å². The first-order chi connectivity index (χ1) is 6.88. The number of nitrogens with one attached hydrogen (secondary N) is 1. The number of nitrogens with zero attached hydrogens (tertiary/aromatic N) is 1. The van der Waals surface area contributed by atoms with Crippen molar-refractivity contribution in [1.82, 2.24) is 10.2 Å². The monoisotopic (exact) mass is 197 g/mol. The van der Waals surface area contributed by atoms with Crippen LogP contribution in [0.5, 0.6) is 0 Å². The zero-order valence-corrected chi connectivity index (χ0v) is 9.04. The molecule has 82 valence electrons. The zero-order valence-electron chi connectivity index (χ0n) is 9.04. The maximum Gasteiger partial charge on any atom is 0.0105 e. The standard InChI is InChI=1S/C11H23N3/c12-5-8-14-6-3-11(4-7-14)13-9-10-1-2-10/h10-11,13H,1-9,12H2. The minimum absolute atomic E-state index is 0.782. The predicted octanol–water partition coefficient (Wildman–Crippen LogP) is 0.409. The van der Waals surface area contributed by atoms with Crippen LogP contribution >= 0.6 is 0 Å². The van der Waals surface area contributed by atoms with E-state index in [1.165, 1.54) is 45.3 Å². The first-order valence-electron chi connectivity index (χ1n) is 6.04. The fourth-order valence-corrected chi connectivity index (χ4v) is 2.20. The van der Waals surface area contributed by atoms with Crippen LogP contribution in [-0.4, -0.2) is 43.7 Å². The molecule has 2 aliphatic rings. The Morgan fingerprint density at radius 1 is 1.14 bits per heavy atom. The molecular formula is C11H23N3. The minimum atomic E-state index is 0.782. The number of piperidine rings is 1. The second-order valence-electron chi connectivity index (χ2n) is 4.76. The van der Waals surface area contributed by atoms with Gasteiger partial charge in [-0.25, -0.2) is 0 Å². The summed E-state index contributed by atoms with van der Waals surface area (Å²) >= 11 is 0. The van der Waals surface area contributed by atoms with Crippen molar-refractivity contribution in [3.8, 4) is 0 Å². The second-order valence-corrected chi connectivity index (χ2v) is 4.76. The summed E-state index contributed by atoms with van der Waals surface area (Å²) in [6, 6.07) is 0.782. The smallest absolute Gasteiger partial charge is 0.0105 e. The zero-order chi connectivity index (χ0) is 9.80. The second kappa shape index (κ2) is 5.10. The molecule has 0 atom stereocenters. The number of hydrogen-bond acceptors (Lipinski definition) is 3. The molecule has 0 unspecified atom stereocenters. The van der Waals surface area contributed by atoms with E-state index in [4.69, 9.17) is 5.73 Å². The summed E-state index contributed by atoms with van der Waals surface area (Å²) in [5.41, 5.74) is 5.54. The van der Waals surface area contributed by atoms with Gasteiger partial charge in [-0.3, -0.25) is 0 Å². The molecule has 3 heteroatoms. The molecule has 0 bridgehead atoms. The van der Waals surface area contributed by atoms with Gasteiger partial charge in [-0.2, -0.15) is 0 Å². The van der Waals surface area contributed by atoms with Crippen molar-refractivity contribution >= 4 is 0 Å². The Kier molecular flexibility index (Phi) is 3.79. The van der Waals surface area contributed by atoms with Crippen molar-refractivity contribution in [2.24, 2.45) is 11.7 Å². The van der Waals surface area contributed by atoms with Gasteiger partial charge in [-0.05, 0) is 51.2 Å². The molecule has 1 aliphatic carbocycles. The van der Waals surface area contributed by atoms with Crippen molar-refractivity contribution in [2.75, 3.05) is 32.7 Å². The van der Waals surface area contributed by atoms with E-state index in [0.717, 1.165) is 25.0 Å². The van der Waals surface area contributed by atoms with Crippen LogP contribution in [-0.2, 0) is 0 Å². The van der Waals surface area contributed by atoms with Gasteiger partial charge < -0.3 is 16.0 Å². The molecule has 0 spiro atoms. The summed E-state index contributed by atoms with van der Waals surface area (Å²) in [4.78, 5) is 2.48. The van der Waals surface area contributed by atoms with Crippen LogP contribution in [0.3, 0.4) is 0 Å². The van der Waals surface area contributed by atoms with Crippen LogP contribution in [0.1, 0.15) is 25.7 Å². The predicted molar refractivity (Wildman–Crippen MR) is 59.2 cm³/mol. The van der Waals surface area contributed by atoms with Gasteiger partial charge in [0.05, 0.1) is 0 Å². The van der Waals surface area contributed by atoms with Gasteiger partial charge in [-0.1, -0.05) is 0 Å². The number of hydrogen-bond donors (Lipinski definition) is 2. The first kappa shape index (κ1) is 10.4. The third-order valence-corrected chi connectivity index (χ3v) is 3.43. The summed E-state index contributed by atoms with van der Waals surface area (Å²) in [6.07, 6.45) is 5.54. The van der Waals surface area contributed by atoms with Crippen molar-refractivity contribution in [2.45, 2.75) is 31.7 Å². The highest BCUT2D eigenvalue weighted by Gasteiger charge is 2.23. The molecule has 0 aromatic carbocycles. The van der Waals surface area contributed by atoms with Crippen molar-refractivity contribution in [3.05, 3.63) is 0 Å². The van der Waals surface area contributed by atoms with E-state index >= 15 is 0 Å². The highest BCUT2D eigenvalue weighted by atomic mass is 15.1. The van der Waals surface area contributed by atoms with Gasteiger partial charge in [0, 0.05) is 19.1 Å². The SMILES string of the molecule is NCCN1CCC(NCC2CC2)CC1. The van der Waals surface area contributed by atoms with Crippen LogP contribution in [0.25, 0.3) is 0 Å². The van der Waals surface area contributed by atoms with Gasteiger partial charge in [0.2, 0.25) is 0 Å². The van der Waals surface area contributed by atoms with Crippen LogP contribution in [0.15, 0.2) is 0 Å². The normalized spacial score (nSPS) is 25.5. The summed E-state index contributed by atoms with van der Waals surface area (Å²) in [5, 5.41) is 3.69. The molecule has 3 N–H and O–H groups in total. The molecule has 1 heterocycles. The quantitative estimate of drug-likeness (QED) is 0.671. The Balaban J connectivity index is 1.57. The Morgan fingerprint density at radius 3 is 2.43 bits per heavy atom. The molecule has 3 nitrogen and oxygen atoms in total. The summed E-state index contributed by atoms with van der Waals surface area (Å²) in [5.74, 6) is 1.01. The molecule has 0 radical (unpaired) electrons. The molecule has 2 fully saturated rings. The van der Waals surface area contributed by atoms with Crippen molar-refractivity contribution in [1.29, 1.82) is 0 Å². The Bertz CT molecular complexity index is 160. The fraction of sp³-hybridized carbons (Fsp3) is 1.00. The van der Waals surface area contributed by atoms with E-state index in [2.05, 4.69) is 10.2 Å². The van der Waals surface area contributed by atoms with Gasteiger partial charge in [0.15, 0.2) is 0 Å². The van der Waals surface area contributed by atoms with Crippen molar-refractivity contribution in [3.63, 3.8) is 0 Å². The van der Waals surface area contributed by atoms with E-state index in [1.54, 1.807) is 0 Å². The Hall–Kier alpha value is -0.120. The van der Waals surface area contributed by atoms with E-state index in [9.17, 15) is 0 Å². The van der Waals surface area contributed by atoms with E-state index < -0.39 is 0 Å². The lowest BCUT2D eigenvalue weighted by atomic mass is 10.0. The molecule has 0 amide bonds. The third kappa shape index (κ3) is 3.23. The minimum Gasteiger partial charge on any atom is -0.329 e. The maximum absolute atomic E-state index is 5.54.